The first-order valence-electron chi connectivity index (χ1n) is 12.0. The van der Waals surface area contributed by atoms with Gasteiger partial charge in [-0.15, -0.1) is 0 Å². The summed E-state index contributed by atoms with van der Waals surface area (Å²) in [6.07, 6.45) is 7.26. The van der Waals surface area contributed by atoms with Crippen LogP contribution in [-0.2, 0) is 38.5 Å². The number of aromatic nitrogens is 3. The first kappa shape index (κ1) is 25.4. The van der Waals surface area contributed by atoms with Gasteiger partial charge < -0.3 is 14.2 Å². The minimum Gasteiger partial charge on any atom is -0.494 e. The van der Waals surface area contributed by atoms with Crippen LogP contribution in [0.3, 0.4) is 0 Å². The molecule has 0 aliphatic carbocycles. The van der Waals surface area contributed by atoms with E-state index in [0.29, 0.717) is 32.0 Å². The van der Waals surface area contributed by atoms with E-state index in [2.05, 4.69) is 36.7 Å². The van der Waals surface area contributed by atoms with E-state index in [0.717, 1.165) is 64.8 Å². The number of unbranched alkanes of at least 4 members (excludes halogenated alkanes) is 1. The highest BCUT2D eigenvalue weighted by Gasteiger charge is 2.19. The van der Waals surface area contributed by atoms with E-state index in [1.807, 2.05) is 24.6 Å². The van der Waals surface area contributed by atoms with Crippen molar-refractivity contribution in [3.05, 3.63) is 59.7 Å². The number of nitrogens with zero attached hydrogens (tertiary/aromatic N) is 3. The van der Waals surface area contributed by atoms with Gasteiger partial charge in [-0.3, -0.25) is 9.78 Å². The summed E-state index contributed by atoms with van der Waals surface area (Å²) < 4.78 is 18.2. The molecule has 0 unspecified atom stereocenters. The Morgan fingerprint density at radius 2 is 1.88 bits per heavy atom. The summed E-state index contributed by atoms with van der Waals surface area (Å²) in [7, 11) is 1.68. The Bertz CT molecular complexity index is 1140. The Kier molecular flexibility index (Phi) is 9.22. The van der Waals surface area contributed by atoms with Crippen LogP contribution in [0.1, 0.15) is 62.5 Å². The Morgan fingerprint density at radius 3 is 2.59 bits per heavy atom. The maximum Gasteiger partial charge on any atom is 0.305 e. The smallest absolute Gasteiger partial charge is 0.305 e. The summed E-state index contributed by atoms with van der Waals surface area (Å²) in [4.78, 5) is 16.3. The second-order valence-corrected chi connectivity index (χ2v) is 8.04. The average Bonchev–Trinajstić information content (AvgIpc) is 3.24. The first-order chi connectivity index (χ1) is 16.5. The maximum absolute atomic E-state index is 11.8. The predicted octanol–water partition coefficient (Wildman–Crippen LogP) is 5.39. The first-order valence-corrected chi connectivity index (χ1v) is 12.0. The zero-order valence-corrected chi connectivity index (χ0v) is 20.7. The van der Waals surface area contributed by atoms with Crippen LogP contribution in [0.15, 0.2) is 37.2 Å². The summed E-state index contributed by atoms with van der Waals surface area (Å²) in [6, 6.07) is 6.30. The van der Waals surface area contributed by atoms with Crippen molar-refractivity contribution in [2.45, 2.75) is 59.5 Å². The average molecular weight is 466 g/mol. The van der Waals surface area contributed by atoms with Crippen LogP contribution < -0.4 is 0 Å². The Labute approximate surface area is 201 Å². The van der Waals surface area contributed by atoms with E-state index < -0.39 is 0 Å². The molecule has 0 fully saturated rings. The van der Waals surface area contributed by atoms with Gasteiger partial charge in [0, 0.05) is 48.3 Å². The maximum atomic E-state index is 11.8. The van der Waals surface area contributed by atoms with Crippen molar-refractivity contribution in [2.24, 2.45) is 0 Å². The predicted molar refractivity (Wildman–Crippen MR) is 133 cm³/mol. The lowest BCUT2D eigenvalue weighted by Crippen LogP contribution is -2.10. The highest BCUT2D eigenvalue weighted by molar-refractivity contribution is 5.84. The third kappa shape index (κ3) is 5.83. The van der Waals surface area contributed by atoms with E-state index in [9.17, 15) is 4.79 Å². The molecule has 182 valence electrons. The summed E-state index contributed by atoms with van der Waals surface area (Å²) in [5.41, 5.74) is 7.06. The summed E-state index contributed by atoms with van der Waals surface area (Å²) in [6.45, 7) is 11.3. The van der Waals surface area contributed by atoms with Crippen molar-refractivity contribution in [1.29, 1.82) is 0 Å². The van der Waals surface area contributed by atoms with Gasteiger partial charge >= 0.3 is 5.97 Å². The van der Waals surface area contributed by atoms with Gasteiger partial charge in [0.1, 0.15) is 5.76 Å². The third-order valence-electron chi connectivity index (χ3n) is 5.73. The lowest BCUT2D eigenvalue weighted by atomic mass is 9.94. The normalized spacial score (nSPS) is 11.1. The lowest BCUT2D eigenvalue weighted by molar-refractivity contribution is -0.143. The van der Waals surface area contributed by atoms with Gasteiger partial charge in [-0.2, -0.15) is 5.10 Å². The van der Waals surface area contributed by atoms with Gasteiger partial charge in [-0.1, -0.05) is 13.5 Å². The number of pyridine rings is 1. The Hall–Kier alpha value is -3.19. The molecule has 0 atom stereocenters. The number of hydrogen-bond acceptors (Lipinski definition) is 6. The zero-order valence-electron chi connectivity index (χ0n) is 20.7. The Morgan fingerprint density at radius 1 is 1.09 bits per heavy atom. The standard InChI is InChI=1S/C27H35N3O4/c1-6-22-13-14-25-27(21-15-20(16-28-17-21)19(4)33-7-2)23(24(18-32-5)29-30(22)25)11-9-10-12-26(31)34-8-3/h13-17H,4,6-12,18H2,1-3,5H3. The van der Waals surface area contributed by atoms with Crippen LogP contribution in [0.2, 0.25) is 0 Å². The molecule has 0 radical (unpaired) electrons. The molecule has 34 heavy (non-hydrogen) atoms. The molecule has 0 bridgehead atoms. The number of carbonyl (C=O) groups is 1. The van der Waals surface area contributed by atoms with Crippen LogP contribution in [0.4, 0.5) is 0 Å². The second kappa shape index (κ2) is 12.3. The number of aryl methyl sites for hydroxylation is 1. The number of fused-ring (bicyclic) bond motifs is 1. The van der Waals surface area contributed by atoms with Crippen LogP contribution in [0.5, 0.6) is 0 Å². The van der Waals surface area contributed by atoms with Crippen LogP contribution in [0, 0.1) is 0 Å². The van der Waals surface area contributed by atoms with Gasteiger partial charge in [0.05, 0.1) is 31.0 Å². The number of hydrogen-bond donors (Lipinski definition) is 0. The molecule has 0 N–H and O–H groups in total. The lowest BCUT2D eigenvalue weighted by Gasteiger charge is -2.18. The van der Waals surface area contributed by atoms with Crippen molar-refractivity contribution in [3.63, 3.8) is 0 Å². The molecule has 3 aromatic rings. The van der Waals surface area contributed by atoms with Crippen molar-refractivity contribution < 1.29 is 19.0 Å². The molecule has 7 heteroatoms. The van der Waals surface area contributed by atoms with Gasteiger partial charge in [0.25, 0.3) is 0 Å². The van der Waals surface area contributed by atoms with Crippen LogP contribution in [-0.4, -0.2) is 40.9 Å². The van der Waals surface area contributed by atoms with E-state index in [-0.39, 0.29) is 5.97 Å². The van der Waals surface area contributed by atoms with E-state index in [1.165, 1.54) is 0 Å². The molecule has 3 heterocycles. The number of methoxy groups -OCH3 is 1. The molecule has 0 amide bonds. The molecule has 3 aromatic heterocycles. The second-order valence-electron chi connectivity index (χ2n) is 8.04. The van der Waals surface area contributed by atoms with Crippen molar-refractivity contribution >= 4 is 17.2 Å². The summed E-state index contributed by atoms with van der Waals surface area (Å²) >= 11 is 0. The monoisotopic (exact) mass is 465 g/mol. The van der Waals surface area contributed by atoms with E-state index in [1.54, 1.807) is 13.3 Å². The fourth-order valence-corrected chi connectivity index (χ4v) is 4.16. The quantitative estimate of drug-likeness (QED) is 0.191. The highest BCUT2D eigenvalue weighted by Crippen LogP contribution is 2.34. The highest BCUT2D eigenvalue weighted by atomic mass is 16.5. The fourth-order valence-electron chi connectivity index (χ4n) is 4.16. The van der Waals surface area contributed by atoms with Gasteiger partial charge in [-0.25, -0.2) is 4.52 Å². The van der Waals surface area contributed by atoms with E-state index >= 15 is 0 Å². The molecule has 0 saturated heterocycles. The molecule has 0 aliphatic rings. The molecular weight excluding hydrogens is 430 g/mol. The minimum absolute atomic E-state index is 0.154. The molecular formula is C27H35N3O4. The fraction of sp³-hybridized carbons (Fsp3) is 0.444. The molecule has 0 spiro atoms. The number of esters is 1. The van der Waals surface area contributed by atoms with Crippen molar-refractivity contribution in [1.82, 2.24) is 14.6 Å². The third-order valence-corrected chi connectivity index (χ3v) is 5.73. The van der Waals surface area contributed by atoms with Gasteiger partial charge in [0.15, 0.2) is 0 Å². The van der Waals surface area contributed by atoms with Crippen LogP contribution >= 0.6 is 0 Å². The van der Waals surface area contributed by atoms with Crippen molar-refractivity contribution in [3.8, 4) is 11.1 Å². The summed E-state index contributed by atoms with van der Waals surface area (Å²) in [5, 5.41) is 4.95. The molecule has 0 saturated carbocycles. The summed E-state index contributed by atoms with van der Waals surface area (Å²) in [5.74, 6) is 0.443. The topological polar surface area (TPSA) is 75.0 Å². The largest absolute Gasteiger partial charge is 0.494 e. The molecule has 0 aromatic carbocycles. The van der Waals surface area contributed by atoms with Crippen LogP contribution in [0.25, 0.3) is 22.4 Å². The molecule has 3 rings (SSSR count). The zero-order chi connectivity index (χ0) is 24.5. The van der Waals surface area contributed by atoms with Gasteiger partial charge in [-0.05, 0) is 63.3 Å². The van der Waals surface area contributed by atoms with Crippen molar-refractivity contribution in [2.75, 3.05) is 20.3 Å². The molecule has 7 nitrogen and oxygen atoms in total. The molecule has 0 aliphatic heterocycles. The van der Waals surface area contributed by atoms with Gasteiger partial charge in [0.2, 0.25) is 0 Å². The number of carbonyl (C=O) groups excluding carboxylic acids is 1. The number of ether oxygens (including phenoxy) is 3. The SMILES string of the molecule is C=C(OCC)c1cncc(-c2c(CCCCC(=O)OCC)c(COC)nn3c(CC)ccc23)c1. The minimum atomic E-state index is -0.154. The van der Waals surface area contributed by atoms with E-state index in [4.69, 9.17) is 19.3 Å². The number of rotatable bonds is 13. The Balaban J connectivity index is 2.09.